The van der Waals surface area contributed by atoms with Crippen molar-refractivity contribution in [2.45, 2.75) is 20.8 Å². The first-order chi connectivity index (χ1) is 13.0. The van der Waals surface area contributed by atoms with Gasteiger partial charge >= 0.3 is 0 Å². The average molecular weight is 361 g/mol. The summed E-state index contributed by atoms with van der Waals surface area (Å²) >= 11 is 0. The maximum Gasteiger partial charge on any atom is 0.251 e. The first-order valence-electron chi connectivity index (χ1n) is 8.92. The van der Waals surface area contributed by atoms with E-state index >= 15 is 0 Å². The molecule has 3 rings (SSSR count). The van der Waals surface area contributed by atoms with Gasteiger partial charge in [-0.05, 0) is 48.7 Å². The second-order valence-electron chi connectivity index (χ2n) is 6.77. The number of carbonyl (C=O) groups is 1. The minimum atomic E-state index is -0.0863. The van der Waals surface area contributed by atoms with Crippen LogP contribution < -0.4 is 10.6 Å². The molecule has 0 aliphatic heterocycles. The monoisotopic (exact) mass is 361 g/mol. The molecule has 6 nitrogen and oxygen atoms in total. The molecule has 1 aromatic carbocycles. The molecule has 27 heavy (non-hydrogen) atoms. The summed E-state index contributed by atoms with van der Waals surface area (Å²) in [5, 5.41) is 6.15. The van der Waals surface area contributed by atoms with Gasteiger partial charge in [-0.3, -0.25) is 9.78 Å². The number of pyridine rings is 1. The van der Waals surface area contributed by atoms with Crippen LogP contribution in [0, 0.1) is 12.8 Å². The van der Waals surface area contributed by atoms with E-state index in [-0.39, 0.29) is 5.91 Å². The zero-order valence-electron chi connectivity index (χ0n) is 15.7. The third-order valence-corrected chi connectivity index (χ3v) is 4.03. The topological polar surface area (TPSA) is 79.8 Å². The van der Waals surface area contributed by atoms with Crippen molar-refractivity contribution in [3.63, 3.8) is 0 Å². The highest BCUT2D eigenvalue weighted by Crippen LogP contribution is 2.22. The fraction of sp³-hybridized carbons (Fsp3) is 0.238. The molecule has 0 atom stereocenters. The molecular weight excluding hydrogens is 338 g/mol. The first kappa shape index (κ1) is 18.5. The molecule has 138 valence electrons. The molecule has 3 aromatic rings. The summed E-state index contributed by atoms with van der Waals surface area (Å²) in [4.78, 5) is 25.3. The van der Waals surface area contributed by atoms with Crippen molar-refractivity contribution < 1.29 is 4.79 Å². The van der Waals surface area contributed by atoms with Gasteiger partial charge in [0.2, 0.25) is 5.95 Å². The smallest absolute Gasteiger partial charge is 0.251 e. The average Bonchev–Trinajstić information content (AvgIpc) is 2.68. The Morgan fingerprint density at radius 1 is 1.15 bits per heavy atom. The Morgan fingerprint density at radius 3 is 2.74 bits per heavy atom. The van der Waals surface area contributed by atoms with Gasteiger partial charge in [-0.25, -0.2) is 9.97 Å². The zero-order valence-corrected chi connectivity index (χ0v) is 15.7. The Labute approximate surface area is 159 Å². The molecule has 0 radical (unpaired) electrons. The summed E-state index contributed by atoms with van der Waals surface area (Å²) in [6.07, 6.45) is 5.19. The van der Waals surface area contributed by atoms with E-state index in [1.54, 1.807) is 18.6 Å². The van der Waals surface area contributed by atoms with Gasteiger partial charge in [-0.15, -0.1) is 0 Å². The molecule has 0 bridgehead atoms. The Bertz CT molecular complexity index is 925. The van der Waals surface area contributed by atoms with Gasteiger partial charge in [0.25, 0.3) is 5.91 Å². The van der Waals surface area contributed by atoms with Crippen LogP contribution in [-0.2, 0) is 0 Å². The number of nitrogens with one attached hydrogen (secondary N) is 2. The van der Waals surface area contributed by atoms with Gasteiger partial charge in [0, 0.05) is 41.9 Å². The van der Waals surface area contributed by atoms with E-state index in [1.165, 1.54) is 0 Å². The Morgan fingerprint density at radius 2 is 2.00 bits per heavy atom. The normalized spacial score (nSPS) is 10.7. The minimum Gasteiger partial charge on any atom is -0.352 e. The summed E-state index contributed by atoms with van der Waals surface area (Å²) in [7, 11) is 0. The summed E-state index contributed by atoms with van der Waals surface area (Å²) < 4.78 is 0. The zero-order chi connectivity index (χ0) is 19.2. The molecular formula is C21H23N5O. The summed E-state index contributed by atoms with van der Waals surface area (Å²) in [5.41, 5.74) is 4.11. The lowest BCUT2D eigenvalue weighted by Crippen LogP contribution is -2.27. The van der Waals surface area contributed by atoms with Crippen molar-refractivity contribution >= 4 is 17.5 Å². The lowest BCUT2D eigenvalue weighted by Gasteiger charge is -2.12. The molecule has 2 N–H and O–H groups in total. The van der Waals surface area contributed by atoms with Crippen LogP contribution in [0.3, 0.4) is 0 Å². The van der Waals surface area contributed by atoms with Gasteiger partial charge in [-0.2, -0.15) is 0 Å². The van der Waals surface area contributed by atoms with Crippen LogP contribution in [-0.4, -0.2) is 27.4 Å². The summed E-state index contributed by atoms with van der Waals surface area (Å²) in [6.45, 7) is 6.75. The van der Waals surface area contributed by atoms with E-state index in [9.17, 15) is 4.79 Å². The lowest BCUT2D eigenvalue weighted by molar-refractivity contribution is 0.0949. The highest BCUT2D eigenvalue weighted by atomic mass is 16.1. The Balaban J connectivity index is 1.81. The number of anilines is 2. The highest BCUT2D eigenvalue weighted by molar-refractivity contribution is 5.95. The van der Waals surface area contributed by atoms with Crippen molar-refractivity contribution in [1.82, 2.24) is 20.3 Å². The van der Waals surface area contributed by atoms with Crippen molar-refractivity contribution in [2.75, 3.05) is 11.9 Å². The quantitative estimate of drug-likeness (QED) is 0.694. The number of aryl methyl sites for hydroxylation is 1. The third kappa shape index (κ3) is 4.88. The van der Waals surface area contributed by atoms with Crippen LogP contribution in [0.5, 0.6) is 0 Å². The number of hydrogen-bond acceptors (Lipinski definition) is 5. The van der Waals surface area contributed by atoms with E-state index in [1.807, 2.05) is 43.3 Å². The number of aromatic nitrogens is 3. The van der Waals surface area contributed by atoms with E-state index < -0.39 is 0 Å². The Hall–Kier alpha value is -3.28. The van der Waals surface area contributed by atoms with E-state index in [0.717, 1.165) is 22.5 Å². The largest absolute Gasteiger partial charge is 0.352 e. The molecule has 0 fully saturated rings. The number of benzene rings is 1. The van der Waals surface area contributed by atoms with Crippen molar-refractivity contribution in [2.24, 2.45) is 5.92 Å². The molecule has 1 amide bonds. The summed E-state index contributed by atoms with van der Waals surface area (Å²) in [5.74, 6) is 0.789. The number of hydrogen-bond donors (Lipinski definition) is 2. The van der Waals surface area contributed by atoms with Crippen molar-refractivity contribution in [3.05, 3.63) is 66.1 Å². The van der Waals surface area contributed by atoms with Crippen LogP contribution in [0.25, 0.3) is 11.3 Å². The molecule has 2 aromatic heterocycles. The lowest BCUT2D eigenvalue weighted by atomic mass is 10.1. The molecule has 0 saturated heterocycles. The maximum absolute atomic E-state index is 12.3. The fourth-order valence-electron chi connectivity index (χ4n) is 2.51. The predicted octanol–water partition coefficient (Wildman–Crippen LogP) is 3.98. The van der Waals surface area contributed by atoms with Gasteiger partial charge in [0.15, 0.2) is 0 Å². The van der Waals surface area contributed by atoms with Crippen LogP contribution in [0.15, 0.2) is 55.0 Å². The van der Waals surface area contributed by atoms with Crippen LogP contribution in [0.4, 0.5) is 11.6 Å². The van der Waals surface area contributed by atoms with Crippen LogP contribution >= 0.6 is 0 Å². The summed E-state index contributed by atoms with van der Waals surface area (Å²) in [6, 6.07) is 11.2. The molecule has 0 aliphatic rings. The van der Waals surface area contributed by atoms with Crippen LogP contribution in [0.1, 0.15) is 29.8 Å². The number of nitrogens with zero attached hydrogens (tertiary/aromatic N) is 3. The van der Waals surface area contributed by atoms with Gasteiger partial charge in [0.1, 0.15) is 0 Å². The van der Waals surface area contributed by atoms with Gasteiger partial charge in [0.05, 0.1) is 5.69 Å². The number of amides is 1. The molecule has 0 unspecified atom stereocenters. The van der Waals surface area contributed by atoms with E-state index in [0.29, 0.717) is 24.0 Å². The van der Waals surface area contributed by atoms with Crippen molar-refractivity contribution in [3.8, 4) is 11.3 Å². The van der Waals surface area contributed by atoms with E-state index in [4.69, 9.17) is 0 Å². The number of rotatable bonds is 6. The van der Waals surface area contributed by atoms with Gasteiger partial charge in [-0.1, -0.05) is 19.9 Å². The van der Waals surface area contributed by atoms with Crippen LogP contribution in [0.2, 0.25) is 0 Å². The molecule has 0 aliphatic carbocycles. The third-order valence-electron chi connectivity index (χ3n) is 4.03. The van der Waals surface area contributed by atoms with Gasteiger partial charge < -0.3 is 10.6 Å². The van der Waals surface area contributed by atoms with Crippen molar-refractivity contribution in [1.29, 1.82) is 0 Å². The highest BCUT2D eigenvalue weighted by Gasteiger charge is 2.10. The fourth-order valence-corrected chi connectivity index (χ4v) is 2.51. The number of carbonyl (C=O) groups excluding carboxylic acids is 1. The molecule has 0 saturated carbocycles. The maximum atomic E-state index is 12.3. The molecule has 0 spiro atoms. The SMILES string of the molecule is Cc1ccc(C(=O)NCC(C)C)cc1Nc1nccc(-c2cccnc2)n1. The second-order valence-corrected chi connectivity index (χ2v) is 6.77. The molecule has 6 heteroatoms. The Kier molecular flexibility index (Phi) is 5.76. The minimum absolute atomic E-state index is 0.0863. The first-order valence-corrected chi connectivity index (χ1v) is 8.92. The second kappa shape index (κ2) is 8.40. The van der Waals surface area contributed by atoms with E-state index in [2.05, 4.69) is 39.4 Å². The standard InChI is InChI=1S/C21H23N5O/c1-14(2)12-24-20(27)16-7-6-15(3)19(11-16)26-21-23-10-8-18(25-21)17-5-4-9-22-13-17/h4-11,13-14H,12H2,1-3H3,(H,24,27)(H,23,25,26). The molecule has 2 heterocycles. The predicted molar refractivity (Wildman–Crippen MR) is 107 cm³/mol.